The lowest BCUT2D eigenvalue weighted by Gasteiger charge is -2.44. The van der Waals surface area contributed by atoms with Crippen molar-refractivity contribution in [3.8, 4) is 29.1 Å². The van der Waals surface area contributed by atoms with E-state index in [9.17, 15) is 35.1 Å². The molecule has 1 saturated heterocycles. The van der Waals surface area contributed by atoms with E-state index < -0.39 is 28.7 Å². The highest BCUT2D eigenvalue weighted by Crippen LogP contribution is 2.59. The zero-order valence-electron chi connectivity index (χ0n) is 51.0. The first kappa shape index (κ1) is 63.8. The summed E-state index contributed by atoms with van der Waals surface area (Å²) >= 11 is 0. The first-order valence-electron chi connectivity index (χ1n) is 32.1. The Labute approximate surface area is 540 Å². The van der Waals surface area contributed by atoms with Gasteiger partial charge >= 0.3 is 0 Å². The zero-order chi connectivity index (χ0) is 61.9. The number of aromatic nitrogens is 1. The van der Waals surface area contributed by atoms with E-state index in [0.717, 1.165) is 90.6 Å². The van der Waals surface area contributed by atoms with E-state index in [0.29, 0.717) is 84.1 Å². The third kappa shape index (κ3) is 14.6. The van der Waals surface area contributed by atoms with Crippen LogP contribution in [0, 0.1) is 46.8 Å². The molecule has 3 fully saturated rings. The summed E-state index contributed by atoms with van der Waals surface area (Å²) in [6.07, 6.45) is 15.2. The molecule has 13 bridgehead atoms. The minimum Gasteiger partial charge on any atom is -0.508 e. The summed E-state index contributed by atoms with van der Waals surface area (Å²) in [6.45, 7) is 2.30. The van der Waals surface area contributed by atoms with Gasteiger partial charge in [-0.15, -0.1) is 0 Å². The van der Waals surface area contributed by atoms with Crippen molar-refractivity contribution >= 4 is 54.7 Å². The Bertz CT molecular complexity index is 3630. The number of fused-ring (bicyclic) bond motifs is 11. The molecule has 2 saturated carbocycles. The number of phenols is 2. The number of rotatable bonds is 5. The predicted octanol–water partition coefficient (Wildman–Crippen LogP) is 13.4. The number of hydrogen-bond acceptors (Lipinski definition) is 14. The average Bonchev–Trinajstić information content (AvgIpc) is 1.75. The number of phenolic OH excluding ortho intramolecular Hbond substituents is 2. The Hall–Kier alpha value is -5.38. The number of nitrogens with two attached hydrogens (primary N) is 2. The minimum absolute atomic E-state index is 0.0101. The minimum atomic E-state index is -1.08. The van der Waals surface area contributed by atoms with Gasteiger partial charge in [-0.25, -0.2) is 0 Å². The number of carbonyl (C=O) groups is 2. The monoisotopic (exact) mass is 1270 g/mol. The predicted molar refractivity (Wildman–Crippen MR) is 362 cm³/mol. The molecule has 10 N–H and O–H groups in total. The molecular formula is C74H85N3O8S4. The number of ketones is 2. The molecule has 1 aromatic heterocycles. The number of ether oxygens (including phenoxy) is 1. The molecule has 0 unspecified atom stereocenters. The van der Waals surface area contributed by atoms with Crippen LogP contribution in [0.1, 0.15) is 166 Å². The van der Waals surface area contributed by atoms with Gasteiger partial charge < -0.3 is 46.7 Å². The van der Waals surface area contributed by atoms with Crippen LogP contribution in [-0.2, 0) is 49.1 Å². The smallest absolute Gasteiger partial charge is 0.165 e. The van der Waals surface area contributed by atoms with Gasteiger partial charge in [0.2, 0.25) is 0 Å². The molecule has 3 heterocycles. The van der Waals surface area contributed by atoms with Crippen LogP contribution in [0.3, 0.4) is 0 Å². The molecule has 89 heavy (non-hydrogen) atoms. The van der Waals surface area contributed by atoms with E-state index in [1.54, 1.807) is 68.9 Å². The van der Waals surface area contributed by atoms with Gasteiger partial charge in [0, 0.05) is 82.7 Å². The van der Waals surface area contributed by atoms with Gasteiger partial charge in [0.05, 0.1) is 37.0 Å². The van der Waals surface area contributed by atoms with Gasteiger partial charge in [-0.2, -0.15) is 0 Å². The first-order valence-corrected chi connectivity index (χ1v) is 37.1. The molecule has 1 spiro atoms. The van der Waals surface area contributed by atoms with E-state index in [4.69, 9.17) is 16.2 Å². The fourth-order valence-corrected chi connectivity index (χ4v) is 21.6. The number of Topliss-reactive ketones (excluding diaryl/α,β-unsaturated/α-hetero) is 1. The Morgan fingerprint density at radius 1 is 0.753 bits per heavy atom. The molecule has 15 heteroatoms. The van der Waals surface area contributed by atoms with Crippen molar-refractivity contribution in [1.29, 1.82) is 0 Å². The van der Waals surface area contributed by atoms with Crippen LogP contribution >= 0.6 is 43.2 Å². The maximum absolute atomic E-state index is 14.5. The fraction of sp³-hybridized carbons (Fsp3) is 0.459. The molecule has 11 nitrogen and oxygen atoms in total. The van der Waals surface area contributed by atoms with Crippen molar-refractivity contribution < 1.29 is 39.9 Å². The number of aliphatic hydroxyl groups is 3. The highest BCUT2D eigenvalue weighted by atomic mass is 33.1. The quantitative estimate of drug-likeness (QED) is 0.0459. The fourth-order valence-electron chi connectivity index (χ4n) is 16.1. The Morgan fingerprint density at radius 2 is 1.56 bits per heavy atom. The normalized spacial score (nSPS) is 29.0. The second-order valence-electron chi connectivity index (χ2n) is 26.8. The number of H-pyrrole nitrogens is 1. The van der Waals surface area contributed by atoms with Crippen molar-refractivity contribution in [2.24, 2.45) is 46.5 Å². The molecule has 2 aliphatic heterocycles. The van der Waals surface area contributed by atoms with Crippen LogP contribution in [0.25, 0.3) is 0 Å². The zero-order valence-corrected chi connectivity index (χ0v) is 54.2. The second-order valence-corrected chi connectivity index (χ2v) is 31.8. The average molecular weight is 1270 g/mol. The van der Waals surface area contributed by atoms with Gasteiger partial charge in [0.1, 0.15) is 5.75 Å². The van der Waals surface area contributed by atoms with E-state index in [2.05, 4.69) is 77.5 Å². The van der Waals surface area contributed by atoms with Crippen LogP contribution < -0.4 is 16.2 Å². The van der Waals surface area contributed by atoms with Crippen molar-refractivity contribution in [3.63, 3.8) is 0 Å². The summed E-state index contributed by atoms with van der Waals surface area (Å²) in [7, 11) is 6.99. The molecule has 6 aromatic rings. The van der Waals surface area contributed by atoms with Crippen LogP contribution in [0.5, 0.6) is 17.2 Å². The van der Waals surface area contributed by atoms with Crippen molar-refractivity contribution in [2.45, 2.75) is 145 Å². The highest BCUT2D eigenvalue weighted by molar-refractivity contribution is 8.77. The van der Waals surface area contributed by atoms with Gasteiger partial charge in [-0.3, -0.25) is 9.59 Å². The number of aliphatic hydroxyl groups excluding tert-OH is 1. The van der Waals surface area contributed by atoms with E-state index in [1.165, 1.54) is 22.3 Å². The van der Waals surface area contributed by atoms with Gasteiger partial charge in [0.15, 0.2) is 23.1 Å². The van der Waals surface area contributed by atoms with Crippen LogP contribution in [0.2, 0.25) is 0 Å². The Morgan fingerprint density at radius 3 is 2.39 bits per heavy atom. The number of hydrogen-bond donors (Lipinski definition) is 8. The number of allylic oxidation sites excluding steroid dienone is 2. The number of nitrogens with one attached hydrogen (secondary N) is 1. The van der Waals surface area contributed by atoms with Crippen molar-refractivity contribution in [1.82, 2.24) is 4.98 Å². The summed E-state index contributed by atoms with van der Waals surface area (Å²) < 4.78 is 6.28. The lowest BCUT2D eigenvalue weighted by atomic mass is 9.63. The molecule has 5 aromatic carbocycles. The third-order valence-corrected chi connectivity index (χ3v) is 25.7. The van der Waals surface area contributed by atoms with E-state index in [-0.39, 0.29) is 78.7 Å². The number of benzene rings is 5. The summed E-state index contributed by atoms with van der Waals surface area (Å²) in [5, 5.41) is 60.3. The summed E-state index contributed by atoms with van der Waals surface area (Å²) in [6, 6.07) is 34.3. The second kappa shape index (κ2) is 27.8. The van der Waals surface area contributed by atoms with Gasteiger partial charge in [-0.1, -0.05) is 140 Å². The molecular weight excluding hydrogens is 1190 g/mol. The molecule has 4 aliphatic carbocycles. The van der Waals surface area contributed by atoms with Crippen LogP contribution in [-0.4, -0.2) is 83.8 Å². The number of aryl methyl sites for hydroxylation is 3. The standard InChI is InChI=1S/C74H85N3O8S4/c1-72(83)26-6-10-57-60-35-52-31-47(13-12-46-7-3-2-4-8-46)15-19-56(52)64(40-78)65(57)43-88-89-45-74(84)44-73(27-22-51(60)38-72)28-23-55(79)18-14-48-17-21-68(81)70(33-48)85-30-25-49-16-20-67(80)63(32-49)62-37-69(82)58-24-29-77-66(58)11-5-9-50-34-61(71(75)76)53(36-59(50)62)41-86-87-42-54(74)39-73/h2-4,7-8,15-17,19-21,23-24,28-29,31-34,36,51,54,57,60,62,64-65,71,77-78,80-81,83-84H,6,10-14,18,22,25-27,30,35,37-45,75-76H2,1H3/b28-23+/t51-,54+,57-,60+,62+,64-,65-,72-,73-,74-/m1/s1. The molecule has 0 amide bonds. The lowest BCUT2D eigenvalue weighted by Crippen LogP contribution is -2.40. The summed E-state index contributed by atoms with van der Waals surface area (Å²) in [5.41, 5.74) is 22.7. The topological polar surface area (TPSA) is 212 Å². The molecule has 6 aliphatic rings. The molecule has 12 rings (SSSR count). The third-order valence-electron chi connectivity index (χ3n) is 20.8. The largest absolute Gasteiger partial charge is 0.508 e. The van der Waals surface area contributed by atoms with Crippen molar-refractivity contribution in [2.75, 3.05) is 30.5 Å². The summed E-state index contributed by atoms with van der Waals surface area (Å²) in [5.74, 6) is 9.63. The first-order chi connectivity index (χ1) is 43.0. The van der Waals surface area contributed by atoms with E-state index >= 15 is 0 Å². The molecule has 468 valence electrons. The maximum Gasteiger partial charge on any atom is 0.165 e. The molecule has 0 radical (unpaired) electrons. The van der Waals surface area contributed by atoms with Crippen molar-refractivity contribution in [3.05, 3.63) is 194 Å². The SMILES string of the molecule is C[C@@]1(O)CCC[C@H]2[C@H]3CSSC[C@]4(O)C[C@@]5(/C=C/C(=O)CCc6ccc(O)c(c6)OCCc6ccc(O)c(c6)[C@H]6CC(=O)c7cc[nH]c7CC#Cc7cc(C(N)N)c(cc76)CSSC[C@@H]4C5)CC[C@H](C1)[C@@H]2Cc1cc(CCc2ccccc2)ccc1[C@H]3CO. The Balaban J connectivity index is 0.903. The van der Waals surface area contributed by atoms with Crippen LogP contribution in [0.15, 0.2) is 121 Å². The Kier molecular flexibility index (Phi) is 19.9. The number of carbonyl (C=O) groups excluding carboxylic acids is 2. The lowest BCUT2D eigenvalue weighted by molar-refractivity contribution is -0.114. The van der Waals surface area contributed by atoms with E-state index in [1.807, 2.05) is 42.0 Å². The maximum atomic E-state index is 14.5. The van der Waals surface area contributed by atoms with Gasteiger partial charge in [-0.05, 0) is 199 Å². The highest BCUT2D eigenvalue weighted by Gasteiger charge is 2.54. The summed E-state index contributed by atoms with van der Waals surface area (Å²) in [4.78, 5) is 32.1. The number of aromatic hydroxyl groups is 2. The number of aromatic amines is 1. The van der Waals surface area contributed by atoms with Gasteiger partial charge in [0.25, 0.3) is 0 Å². The van der Waals surface area contributed by atoms with Crippen LogP contribution in [0.4, 0.5) is 0 Å². The molecule has 10 atom stereocenters.